The lowest BCUT2D eigenvalue weighted by Gasteiger charge is -2.20. The molecule has 1 aromatic carbocycles. The molecular formula is C16H20N4O2. The lowest BCUT2D eigenvalue weighted by molar-refractivity contribution is -0.385. The number of benzene rings is 1. The molecule has 0 saturated carbocycles. The second-order valence-electron chi connectivity index (χ2n) is 5.80. The summed E-state index contributed by atoms with van der Waals surface area (Å²) in [5, 5.41) is 15.8. The van der Waals surface area contributed by atoms with Crippen molar-refractivity contribution in [3.05, 3.63) is 50.8 Å². The predicted molar refractivity (Wildman–Crippen MR) is 84.2 cm³/mol. The molecule has 6 nitrogen and oxygen atoms in total. The Balaban J connectivity index is 2.17. The minimum absolute atomic E-state index is 0.0212. The van der Waals surface area contributed by atoms with E-state index in [0.717, 1.165) is 48.3 Å². The lowest BCUT2D eigenvalue weighted by Crippen LogP contribution is -2.19. The van der Waals surface area contributed by atoms with Crippen molar-refractivity contribution < 1.29 is 4.92 Å². The molecule has 0 spiro atoms. The number of nitro groups is 1. The van der Waals surface area contributed by atoms with Gasteiger partial charge in [0.1, 0.15) is 0 Å². The van der Waals surface area contributed by atoms with Gasteiger partial charge in [0, 0.05) is 28.9 Å². The van der Waals surface area contributed by atoms with Crippen LogP contribution < -0.4 is 5.73 Å². The van der Waals surface area contributed by atoms with Gasteiger partial charge < -0.3 is 5.73 Å². The number of nitrogens with zero attached hydrogens (tertiary/aromatic N) is 3. The minimum atomic E-state index is -0.346. The molecule has 1 heterocycles. The molecule has 1 atom stereocenters. The van der Waals surface area contributed by atoms with E-state index in [0.29, 0.717) is 5.56 Å². The molecule has 116 valence electrons. The van der Waals surface area contributed by atoms with Crippen molar-refractivity contribution in [1.82, 2.24) is 9.78 Å². The fourth-order valence-electron chi connectivity index (χ4n) is 3.22. The summed E-state index contributed by atoms with van der Waals surface area (Å²) in [6.45, 7) is 3.81. The maximum absolute atomic E-state index is 11.2. The molecule has 2 N–H and O–H groups in total. The summed E-state index contributed by atoms with van der Waals surface area (Å²) in [6, 6.07) is 5.28. The Morgan fingerprint density at radius 3 is 2.95 bits per heavy atom. The summed E-state index contributed by atoms with van der Waals surface area (Å²) in [4.78, 5) is 10.8. The first-order chi connectivity index (χ1) is 10.5. The maximum Gasteiger partial charge on any atom is 0.274 e. The van der Waals surface area contributed by atoms with Crippen LogP contribution in [0.3, 0.4) is 0 Å². The summed E-state index contributed by atoms with van der Waals surface area (Å²) in [7, 11) is 0. The van der Waals surface area contributed by atoms with Crippen LogP contribution in [-0.2, 0) is 12.8 Å². The zero-order chi connectivity index (χ0) is 15.9. The van der Waals surface area contributed by atoms with Crippen LogP contribution in [0.25, 0.3) is 5.69 Å². The van der Waals surface area contributed by atoms with Gasteiger partial charge in [-0.25, -0.2) is 4.68 Å². The van der Waals surface area contributed by atoms with Crippen LogP contribution in [0.1, 0.15) is 48.3 Å². The number of fused-ring (bicyclic) bond motifs is 1. The third-order valence-corrected chi connectivity index (χ3v) is 4.37. The highest BCUT2D eigenvalue weighted by molar-refractivity contribution is 5.50. The van der Waals surface area contributed by atoms with Crippen LogP contribution in [0.15, 0.2) is 18.2 Å². The molecule has 1 aromatic heterocycles. The summed E-state index contributed by atoms with van der Waals surface area (Å²) in [6.07, 6.45) is 3.73. The Labute approximate surface area is 129 Å². The van der Waals surface area contributed by atoms with Gasteiger partial charge >= 0.3 is 0 Å². The van der Waals surface area contributed by atoms with Crippen LogP contribution >= 0.6 is 0 Å². The molecule has 3 rings (SSSR count). The third-order valence-electron chi connectivity index (χ3n) is 4.37. The van der Waals surface area contributed by atoms with E-state index in [9.17, 15) is 10.1 Å². The molecule has 22 heavy (non-hydrogen) atoms. The standard InChI is InChI=1S/C16H20N4O2/c1-3-13-16-12(17)5-4-6-14(16)19(18-13)11-8-7-10(2)15(9-11)20(21)22/h7-9,12H,3-6,17H2,1-2H3. The van der Waals surface area contributed by atoms with Crippen molar-refractivity contribution in [3.63, 3.8) is 0 Å². The van der Waals surface area contributed by atoms with Crippen LogP contribution in [0.4, 0.5) is 5.69 Å². The molecule has 6 heteroatoms. The van der Waals surface area contributed by atoms with E-state index >= 15 is 0 Å². The Kier molecular flexibility index (Phi) is 3.70. The summed E-state index contributed by atoms with van der Waals surface area (Å²) in [5.74, 6) is 0. The molecule has 0 amide bonds. The van der Waals surface area contributed by atoms with Crippen molar-refractivity contribution >= 4 is 5.69 Å². The maximum atomic E-state index is 11.2. The third kappa shape index (κ3) is 2.29. The average molecular weight is 300 g/mol. The number of nitrogens with two attached hydrogens (primary N) is 1. The second-order valence-corrected chi connectivity index (χ2v) is 5.80. The summed E-state index contributed by atoms with van der Waals surface area (Å²) >= 11 is 0. The van der Waals surface area contributed by atoms with E-state index in [1.165, 1.54) is 0 Å². The summed E-state index contributed by atoms with van der Waals surface area (Å²) in [5.41, 5.74) is 11.0. The van der Waals surface area contributed by atoms with E-state index in [4.69, 9.17) is 5.73 Å². The Morgan fingerprint density at radius 2 is 2.27 bits per heavy atom. The van der Waals surface area contributed by atoms with Gasteiger partial charge in [0.25, 0.3) is 5.69 Å². The number of rotatable bonds is 3. The molecule has 0 saturated heterocycles. The number of aryl methyl sites for hydroxylation is 2. The molecule has 0 radical (unpaired) electrons. The van der Waals surface area contributed by atoms with Crippen molar-refractivity contribution in [2.75, 3.05) is 0 Å². The molecule has 1 aliphatic rings. The van der Waals surface area contributed by atoms with Gasteiger partial charge in [-0.3, -0.25) is 10.1 Å². The largest absolute Gasteiger partial charge is 0.324 e. The molecule has 0 aliphatic heterocycles. The van der Waals surface area contributed by atoms with Crippen molar-refractivity contribution in [3.8, 4) is 5.69 Å². The highest BCUT2D eigenvalue weighted by atomic mass is 16.6. The first-order valence-corrected chi connectivity index (χ1v) is 7.64. The minimum Gasteiger partial charge on any atom is -0.324 e. The van der Waals surface area contributed by atoms with E-state index < -0.39 is 0 Å². The molecular weight excluding hydrogens is 280 g/mol. The van der Waals surface area contributed by atoms with Crippen molar-refractivity contribution in [2.45, 2.75) is 45.6 Å². The monoisotopic (exact) mass is 300 g/mol. The van der Waals surface area contributed by atoms with Crippen molar-refractivity contribution in [2.24, 2.45) is 5.73 Å². The van der Waals surface area contributed by atoms with Crippen molar-refractivity contribution in [1.29, 1.82) is 0 Å². The Morgan fingerprint density at radius 1 is 1.50 bits per heavy atom. The van der Waals surface area contributed by atoms with Gasteiger partial charge in [0.2, 0.25) is 0 Å². The Bertz CT molecular complexity index is 736. The van der Waals surface area contributed by atoms with Gasteiger partial charge in [-0.1, -0.05) is 13.0 Å². The van der Waals surface area contributed by atoms with Gasteiger partial charge in [-0.05, 0) is 38.7 Å². The fraction of sp³-hybridized carbons (Fsp3) is 0.438. The van der Waals surface area contributed by atoms with E-state index in [1.54, 1.807) is 19.1 Å². The van der Waals surface area contributed by atoms with Crippen LogP contribution in [0.5, 0.6) is 0 Å². The molecule has 2 aromatic rings. The fourth-order valence-corrected chi connectivity index (χ4v) is 3.22. The normalized spacial score (nSPS) is 17.3. The van der Waals surface area contributed by atoms with Gasteiger partial charge in [0.05, 0.1) is 16.3 Å². The van der Waals surface area contributed by atoms with E-state index in [2.05, 4.69) is 12.0 Å². The highest BCUT2D eigenvalue weighted by Crippen LogP contribution is 2.33. The number of nitro benzene ring substituents is 1. The first kappa shape index (κ1) is 14.7. The van der Waals surface area contributed by atoms with Gasteiger partial charge in [-0.15, -0.1) is 0 Å². The summed E-state index contributed by atoms with van der Waals surface area (Å²) < 4.78 is 1.85. The van der Waals surface area contributed by atoms with Crippen LogP contribution in [0.2, 0.25) is 0 Å². The molecule has 1 aliphatic carbocycles. The molecule has 0 bridgehead atoms. The first-order valence-electron chi connectivity index (χ1n) is 7.64. The average Bonchev–Trinajstić information content (AvgIpc) is 2.87. The smallest absolute Gasteiger partial charge is 0.274 e. The Hall–Kier alpha value is -2.21. The number of aromatic nitrogens is 2. The van der Waals surface area contributed by atoms with E-state index in [-0.39, 0.29) is 16.7 Å². The lowest BCUT2D eigenvalue weighted by atomic mass is 9.91. The van der Waals surface area contributed by atoms with Crippen LogP contribution in [-0.4, -0.2) is 14.7 Å². The van der Waals surface area contributed by atoms with Crippen LogP contribution in [0, 0.1) is 17.0 Å². The zero-order valence-corrected chi connectivity index (χ0v) is 12.9. The van der Waals surface area contributed by atoms with Gasteiger partial charge in [-0.2, -0.15) is 5.10 Å². The predicted octanol–water partition coefficient (Wildman–Crippen LogP) is 2.99. The number of hydrogen-bond donors (Lipinski definition) is 1. The quantitative estimate of drug-likeness (QED) is 0.697. The van der Waals surface area contributed by atoms with Gasteiger partial charge in [0.15, 0.2) is 0 Å². The second kappa shape index (κ2) is 5.53. The zero-order valence-electron chi connectivity index (χ0n) is 12.9. The molecule has 1 unspecified atom stereocenters. The van der Waals surface area contributed by atoms with E-state index in [1.807, 2.05) is 10.7 Å². The molecule has 0 fully saturated rings. The number of hydrogen-bond acceptors (Lipinski definition) is 4. The topological polar surface area (TPSA) is 87.0 Å². The highest BCUT2D eigenvalue weighted by Gasteiger charge is 2.26. The SMILES string of the molecule is CCc1nn(-c2ccc(C)c([N+](=O)[O-])c2)c2c1C(N)CCC2.